The molecule has 0 radical (unpaired) electrons. The van der Waals surface area contributed by atoms with Gasteiger partial charge >= 0.3 is 0 Å². The molecule has 178 valence electrons. The number of hydrogen-bond acceptors (Lipinski definition) is 6. The molecule has 1 atom stereocenters. The van der Waals surface area contributed by atoms with Gasteiger partial charge in [-0.2, -0.15) is 0 Å². The van der Waals surface area contributed by atoms with Gasteiger partial charge in [-0.15, -0.1) is 11.3 Å². The molecule has 5 fully saturated rings. The number of piperazine rings is 1. The van der Waals surface area contributed by atoms with Crippen LogP contribution in [0.25, 0.3) is 0 Å². The first-order chi connectivity index (χ1) is 16.6. The minimum Gasteiger partial charge on any atom is -0.368 e. The maximum Gasteiger partial charge on any atom is 0.264 e. The molecule has 4 bridgehead atoms. The van der Waals surface area contributed by atoms with Crippen LogP contribution in [0.15, 0.2) is 29.8 Å². The number of amides is 2. The lowest BCUT2D eigenvalue weighted by atomic mass is 9.54. The molecule has 4 aliphatic carbocycles. The summed E-state index contributed by atoms with van der Waals surface area (Å²) >= 11 is 1.48. The second-order valence-corrected chi connectivity index (χ2v) is 12.1. The lowest BCUT2D eigenvalue weighted by Crippen LogP contribution is -2.60. The molecule has 7 heteroatoms. The van der Waals surface area contributed by atoms with Gasteiger partial charge in [0, 0.05) is 43.8 Å². The molecule has 6 aliphatic rings. The average Bonchev–Trinajstić information content (AvgIpc) is 3.46. The predicted molar refractivity (Wildman–Crippen MR) is 132 cm³/mol. The molecule has 6 nitrogen and oxygen atoms in total. The first-order valence-corrected chi connectivity index (χ1v) is 13.9. The van der Waals surface area contributed by atoms with Crippen molar-refractivity contribution in [2.75, 3.05) is 31.1 Å². The zero-order valence-electron chi connectivity index (χ0n) is 19.7. The summed E-state index contributed by atoms with van der Waals surface area (Å²) in [5.41, 5.74) is 2.04. The van der Waals surface area contributed by atoms with E-state index in [1.807, 2.05) is 24.4 Å². The lowest BCUT2D eigenvalue weighted by Gasteiger charge is -2.58. The second kappa shape index (κ2) is 7.89. The van der Waals surface area contributed by atoms with E-state index in [0.29, 0.717) is 11.1 Å². The minimum atomic E-state index is -0.353. The van der Waals surface area contributed by atoms with Crippen LogP contribution in [0.4, 0.5) is 5.69 Å². The smallest absolute Gasteiger partial charge is 0.264 e. The van der Waals surface area contributed by atoms with Gasteiger partial charge in [-0.05, 0) is 74.8 Å². The summed E-state index contributed by atoms with van der Waals surface area (Å²) in [6.45, 7) is 5.84. The van der Waals surface area contributed by atoms with Gasteiger partial charge in [0.25, 0.3) is 11.8 Å². The summed E-state index contributed by atoms with van der Waals surface area (Å²) in [4.78, 5) is 37.6. The number of aromatic nitrogens is 1. The van der Waals surface area contributed by atoms with E-state index in [0.717, 1.165) is 66.6 Å². The summed E-state index contributed by atoms with van der Waals surface area (Å²) < 4.78 is 0. The largest absolute Gasteiger partial charge is 0.368 e. The Labute approximate surface area is 204 Å². The van der Waals surface area contributed by atoms with Crippen LogP contribution in [0.2, 0.25) is 0 Å². The third-order valence-corrected chi connectivity index (χ3v) is 10.3. The van der Waals surface area contributed by atoms with Gasteiger partial charge in [-0.1, -0.05) is 6.07 Å². The fraction of sp³-hybridized carbons (Fsp3) is 0.593. The van der Waals surface area contributed by atoms with Crippen molar-refractivity contribution in [2.24, 2.45) is 23.7 Å². The Morgan fingerprint density at radius 1 is 0.941 bits per heavy atom. The summed E-state index contributed by atoms with van der Waals surface area (Å²) in [5.74, 6) is 3.45. The van der Waals surface area contributed by atoms with Crippen LogP contribution in [0.1, 0.15) is 70.8 Å². The van der Waals surface area contributed by atoms with Crippen LogP contribution in [0, 0.1) is 23.7 Å². The molecule has 1 aromatic heterocycles. The predicted octanol–water partition coefficient (Wildman–Crippen LogP) is 4.45. The van der Waals surface area contributed by atoms with Crippen LogP contribution in [-0.2, 0) is 0 Å². The van der Waals surface area contributed by atoms with E-state index >= 15 is 0 Å². The third-order valence-electron chi connectivity index (χ3n) is 9.37. The van der Waals surface area contributed by atoms with E-state index in [-0.39, 0.29) is 17.9 Å². The molecular formula is C27H32N4O2S. The summed E-state index contributed by atoms with van der Waals surface area (Å²) in [5, 5.41) is 2.68. The van der Waals surface area contributed by atoms with Crippen molar-refractivity contribution in [3.63, 3.8) is 0 Å². The van der Waals surface area contributed by atoms with Crippen LogP contribution in [-0.4, -0.2) is 58.8 Å². The molecule has 8 rings (SSSR count). The Hall–Kier alpha value is -2.25. The van der Waals surface area contributed by atoms with E-state index in [4.69, 9.17) is 0 Å². The monoisotopic (exact) mass is 476 g/mol. The quantitative estimate of drug-likeness (QED) is 0.611. The van der Waals surface area contributed by atoms with Gasteiger partial charge in [-0.3, -0.25) is 19.4 Å². The highest BCUT2D eigenvalue weighted by Crippen LogP contribution is 2.55. The van der Waals surface area contributed by atoms with Crippen molar-refractivity contribution in [3.05, 3.63) is 45.9 Å². The SMILES string of the molecule is CC(c1nccs1)N1C(=O)c2cccc(N3CCN(C4C5CC6CC(C5)CC4C6)CC3)c2C1=O. The number of carbonyl (C=O) groups is 2. The average molecular weight is 477 g/mol. The molecular weight excluding hydrogens is 444 g/mol. The highest BCUT2D eigenvalue weighted by Gasteiger charge is 2.50. The summed E-state index contributed by atoms with van der Waals surface area (Å²) in [6, 6.07) is 6.18. The Balaban J connectivity index is 1.10. The fourth-order valence-electron chi connectivity index (χ4n) is 8.21. The Morgan fingerprint density at radius 3 is 2.29 bits per heavy atom. The van der Waals surface area contributed by atoms with Gasteiger partial charge in [0.2, 0.25) is 0 Å². The summed E-state index contributed by atoms with van der Waals surface area (Å²) in [7, 11) is 0. The second-order valence-electron chi connectivity index (χ2n) is 11.2. The van der Waals surface area contributed by atoms with Crippen LogP contribution in [0.3, 0.4) is 0 Å². The zero-order valence-corrected chi connectivity index (χ0v) is 20.5. The molecule has 0 N–H and O–H groups in total. The third kappa shape index (κ3) is 3.12. The molecule has 1 unspecified atom stereocenters. The van der Waals surface area contributed by atoms with Crippen LogP contribution >= 0.6 is 11.3 Å². The number of rotatable bonds is 4. The normalized spacial score (nSPS) is 33.6. The van der Waals surface area contributed by atoms with Crippen molar-refractivity contribution in [2.45, 2.75) is 51.1 Å². The topological polar surface area (TPSA) is 56.8 Å². The lowest BCUT2D eigenvalue weighted by molar-refractivity contribution is -0.0665. The van der Waals surface area contributed by atoms with Gasteiger partial charge in [-0.25, -0.2) is 4.98 Å². The minimum absolute atomic E-state index is 0.179. The summed E-state index contributed by atoms with van der Waals surface area (Å²) in [6.07, 6.45) is 9.03. The van der Waals surface area contributed by atoms with E-state index < -0.39 is 0 Å². The highest BCUT2D eigenvalue weighted by atomic mass is 32.1. The van der Waals surface area contributed by atoms with Crippen molar-refractivity contribution in [1.29, 1.82) is 0 Å². The Morgan fingerprint density at radius 2 is 1.65 bits per heavy atom. The van der Waals surface area contributed by atoms with Gasteiger partial charge in [0.05, 0.1) is 22.9 Å². The number of thiazole rings is 1. The first kappa shape index (κ1) is 21.1. The van der Waals surface area contributed by atoms with Gasteiger partial charge < -0.3 is 4.90 Å². The number of benzene rings is 1. The number of carbonyl (C=O) groups excluding carboxylic acids is 2. The van der Waals surface area contributed by atoms with E-state index in [9.17, 15) is 9.59 Å². The first-order valence-electron chi connectivity index (χ1n) is 13.0. The Kier molecular flexibility index (Phi) is 4.89. The van der Waals surface area contributed by atoms with Crippen LogP contribution < -0.4 is 4.90 Å². The number of hydrogen-bond donors (Lipinski definition) is 0. The Bertz CT molecular complexity index is 1100. The zero-order chi connectivity index (χ0) is 23.0. The molecule has 2 aromatic rings. The molecule has 1 aromatic carbocycles. The van der Waals surface area contributed by atoms with Crippen molar-refractivity contribution >= 4 is 28.8 Å². The van der Waals surface area contributed by atoms with Crippen LogP contribution in [0.5, 0.6) is 0 Å². The molecule has 3 heterocycles. The van der Waals surface area contributed by atoms with Crippen molar-refractivity contribution in [1.82, 2.24) is 14.8 Å². The fourth-order valence-corrected chi connectivity index (χ4v) is 8.89. The molecule has 0 spiro atoms. The van der Waals surface area contributed by atoms with Gasteiger partial charge in [0.1, 0.15) is 5.01 Å². The van der Waals surface area contributed by atoms with Crippen molar-refractivity contribution < 1.29 is 9.59 Å². The molecule has 2 aliphatic heterocycles. The van der Waals surface area contributed by atoms with E-state index in [2.05, 4.69) is 14.8 Å². The van der Waals surface area contributed by atoms with E-state index in [1.165, 1.54) is 48.3 Å². The highest BCUT2D eigenvalue weighted by molar-refractivity contribution is 7.09. The number of fused-ring (bicyclic) bond motifs is 1. The number of anilines is 1. The van der Waals surface area contributed by atoms with Crippen molar-refractivity contribution in [3.8, 4) is 0 Å². The molecule has 2 amide bonds. The standard InChI is InChI=1S/C27H32N4O2S/c1-16(25-28-5-10-34-25)31-26(32)21-3-2-4-22(23(21)27(31)33)29-6-8-30(9-7-29)24-19-12-17-11-18(14-19)15-20(24)13-17/h2-5,10,16-20,24H,6-9,11-15H2,1H3. The maximum absolute atomic E-state index is 13.5. The van der Waals surface area contributed by atoms with E-state index in [1.54, 1.807) is 12.3 Å². The maximum atomic E-state index is 13.5. The molecule has 1 saturated heterocycles. The number of nitrogens with zero attached hydrogens (tertiary/aromatic N) is 4. The van der Waals surface area contributed by atoms with Gasteiger partial charge in [0.15, 0.2) is 0 Å². The number of imide groups is 1. The molecule has 4 saturated carbocycles. The molecule has 34 heavy (non-hydrogen) atoms.